The van der Waals surface area contributed by atoms with Gasteiger partial charge in [-0.05, 0) is 49.3 Å². The number of halogens is 1. The van der Waals surface area contributed by atoms with Gasteiger partial charge in [0.1, 0.15) is 0 Å². The molecule has 0 spiro atoms. The van der Waals surface area contributed by atoms with Gasteiger partial charge in [0, 0.05) is 16.6 Å². The van der Waals surface area contributed by atoms with Crippen LogP contribution in [0.15, 0.2) is 28.7 Å². The number of hydrogen-bond acceptors (Lipinski definition) is 2. The van der Waals surface area contributed by atoms with Crippen LogP contribution in [0, 0.1) is 0 Å². The predicted molar refractivity (Wildman–Crippen MR) is 94.2 cm³/mol. The van der Waals surface area contributed by atoms with E-state index in [-0.39, 0.29) is 17.0 Å². The van der Waals surface area contributed by atoms with Gasteiger partial charge in [0.05, 0.1) is 6.10 Å². The van der Waals surface area contributed by atoms with Crippen molar-refractivity contribution in [2.45, 2.75) is 51.9 Å². The van der Waals surface area contributed by atoms with Crippen molar-refractivity contribution in [1.82, 2.24) is 5.32 Å². The van der Waals surface area contributed by atoms with E-state index in [1.54, 1.807) is 12.1 Å². The van der Waals surface area contributed by atoms with Crippen molar-refractivity contribution in [2.24, 2.45) is 0 Å². The molecule has 1 rings (SSSR count). The monoisotopic (exact) mass is 371 g/mol. The number of carbonyl (C=O) groups excluding carboxylic acids is 1. The molecule has 118 valence electrons. The van der Waals surface area contributed by atoms with Crippen LogP contribution in [0.4, 0.5) is 0 Å². The maximum absolute atomic E-state index is 12.1. The Hall–Kier alpha value is -0.653. The fraction of sp³-hybridized carbons (Fsp3) is 0.562. The highest BCUT2D eigenvalue weighted by Crippen LogP contribution is 2.37. The summed E-state index contributed by atoms with van der Waals surface area (Å²) in [5.74, 6) is -0.0619. The zero-order valence-corrected chi connectivity index (χ0v) is 16.4. The largest absolute Gasteiger partial charge is 0.412 e. The molecule has 0 aromatic heterocycles. The molecule has 0 aliphatic heterocycles. The molecular formula is C16H26BrNO2Si. The lowest BCUT2D eigenvalue weighted by atomic mass is 10.2. The quantitative estimate of drug-likeness (QED) is 0.768. The molecule has 1 aromatic rings. The van der Waals surface area contributed by atoms with Crippen LogP contribution in [0.5, 0.6) is 0 Å². The fourth-order valence-electron chi connectivity index (χ4n) is 1.66. The molecule has 0 saturated heterocycles. The summed E-state index contributed by atoms with van der Waals surface area (Å²) in [5, 5.41) is 3.11. The molecule has 0 aliphatic rings. The van der Waals surface area contributed by atoms with Gasteiger partial charge in [-0.1, -0.05) is 36.7 Å². The van der Waals surface area contributed by atoms with Gasteiger partial charge in [0.2, 0.25) is 0 Å². The summed E-state index contributed by atoms with van der Waals surface area (Å²) in [6.45, 7) is 13.6. The Morgan fingerprint density at radius 3 is 2.29 bits per heavy atom. The first-order valence-electron chi connectivity index (χ1n) is 7.24. The Bertz CT molecular complexity index is 480. The van der Waals surface area contributed by atoms with E-state index in [0.717, 1.165) is 4.47 Å². The Labute approximate surface area is 137 Å². The molecule has 0 aliphatic carbocycles. The molecule has 1 amide bonds. The number of rotatable bonds is 5. The van der Waals surface area contributed by atoms with Gasteiger partial charge in [0.25, 0.3) is 5.91 Å². The summed E-state index contributed by atoms with van der Waals surface area (Å²) in [5.41, 5.74) is 0.665. The van der Waals surface area contributed by atoms with Gasteiger partial charge >= 0.3 is 0 Å². The summed E-state index contributed by atoms with van der Waals surface area (Å²) < 4.78 is 7.19. The average molecular weight is 372 g/mol. The first kappa shape index (κ1) is 18.4. The number of carbonyl (C=O) groups is 1. The molecule has 0 radical (unpaired) electrons. The van der Waals surface area contributed by atoms with Crippen LogP contribution in [0.2, 0.25) is 18.1 Å². The Morgan fingerprint density at radius 1 is 1.29 bits per heavy atom. The van der Waals surface area contributed by atoms with Gasteiger partial charge in [-0.25, -0.2) is 0 Å². The fourth-order valence-corrected chi connectivity index (χ4v) is 3.37. The summed E-state index contributed by atoms with van der Waals surface area (Å²) >= 11 is 3.36. The maximum atomic E-state index is 12.1. The van der Waals surface area contributed by atoms with E-state index < -0.39 is 8.32 Å². The molecule has 1 atom stereocenters. The minimum Gasteiger partial charge on any atom is -0.412 e. The highest BCUT2D eigenvalue weighted by molar-refractivity contribution is 9.10. The van der Waals surface area contributed by atoms with Crippen molar-refractivity contribution in [1.29, 1.82) is 0 Å². The third-order valence-electron chi connectivity index (χ3n) is 3.96. The predicted octanol–water partition coefficient (Wildman–Crippen LogP) is 4.59. The lowest BCUT2D eigenvalue weighted by molar-refractivity contribution is 0.0927. The standard InChI is InChI=1S/C16H26BrNO2Si/c1-12(20-21(5,6)16(2,3)4)11-18-15(19)13-7-9-14(17)10-8-13/h7-10,12H,11H2,1-6H3,(H,18,19). The van der Waals surface area contributed by atoms with Crippen LogP contribution in [-0.4, -0.2) is 26.9 Å². The summed E-state index contributed by atoms with van der Waals surface area (Å²) in [6.07, 6.45) is 0.0188. The molecule has 0 saturated carbocycles. The van der Waals surface area contributed by atoms with Crippen molar-refractivity contribution in [2.75, 3.05) is 6.54 Å². The van der Waals surface area contributed by atoms with Crippen molar-refractivity contribution in [3.05, 3.63) is 34.3 Å². The van der Waals surface area contributed by atoms with E-state index in [1.807, 2.05) is 19.1 Å². The molecule has 5 heteroatoms. The normalized spacial score (nSPS) is 13.9. The minimum atomic E-state index is -1.78. The highest BCUT2D eigenvalue weighted by atomic mass is 79.9. The number of hydrogen-bond donors (Lipinski definition) is 1. The number of nitrogens with one attached hydrogen (secondary N) is 1. The van der Waals surface area contributed by atoms with E-state index in [0.29, 0.717) is 12.1 Å². The zero-order valence-electron chi connectivity index (χ0n) is 13.8. The van der Waals surface area contributed by atoms with Crippen molar-refractivity contribution >= 4 is 30.2 Å². The van der Waals surface area contributed by atoms with Crippen LogP contribution in [0.1, 0.15) is 38.1 Å². The molecule has 3 nitrogen and oxygen atoms in total. The minimum absolute atomic E-state index is 0.0188. The number of benzene rings is 1. The third kappa shape index (κ3) is 5.56. The van der Waals surface area contributed by atoms with Crippen LogP contribution in [-0.2, 0) is 4.43 Å². The van der Waals surface area contributed by atoms with Gasteiger partial charge in [-0.2, -0.15) is 0 Å². The maximum Gasteiger partial charge on any atom is 0.251 e. The Balaban J connectivity index is 2.51. The molecule has 1 N–H and O–H groups in total. The highest BCUT2D eigenvalue weighted by Gasteiger charge is 2.38. The topological polar surface area (TPSA) is 38.3 Å². The Morgan fingerprint density at radius 2 is 1.81 bits per heavy atom. The van der Waals surface area contributed by atoms with Crippen molar-refractivity contribution < 1.29 is 9.22 Å². The van der Waals surface area contributed by atoms with Crippen LogP contribution >= 0.6 is 15.9 Å². The zero-order chi connectivity index (χ0) is 16.3. The first-order chi connectivity index (χ1) is 9.53. The lowest BCUT2D eigenvalue weighted by Crippen LogP contribution is -2.46. The van der Waals surface area contributed by atoms with Gasteiger partial charge in [-0.3, -0.25) is 4.79 Å². The van der Waals surface area contributed by atoms with E-state index in [1.165, 1.54) is 0 Å². The van der Waals surface area contributed by atoms with Crippen molar-refractivity contribution in [3.63, 3.8) is 0 Å². The first-order valence-corrected chi connectivity index (χ1v) is 10.9. The lowest BCUT2D eigenvalue weighted by Gasteiger charge is -2.38. The molecule has 1 unspecified atom stereocenters. The van der Waals surface area contributed by atoms with Crippen LogP contribution < -0.4 is 5.32 Å². The third-order valence-corrected chi connectivity index (χ3v) is 9.09. The molecule has 0 heterocycles. The smallest absolute Gasteiger partial charge is 0.251 e. The van der Waals surface area contributed by atoms with E-state index in [2.05, 4.69) is 55.1 Å². The summed E-state index contributed by atoms with van der Waals surface area (Å²) in [6, 6.07) is 7.34. The molecule has 21 heavy (non-hydrogen) atoms. The van der Waals surface area contributed by atoms with Crippen LogP contribution in [0.3, 0.4) is 0 Å². The van der Waals surface area contributed by atoms with Crippen molar-refractivity contribution in [3.8, 4) is 0 Å². The Kier molecular flexibility index (Phi) is 6.19. The van der Waals surface area contributed by atoms with E-state index in [9.17, 15) is 4.79 Å². The average Bonchev–Trinajstić information content (AvgIpc) is 2.35. The molecule has 1 aromatic carbocycles. The van der Waals surface area contributed by atoms with Gasteiger partial charge in [-0.15, -0.1) is 0 Å². The summed E-state index contributed by atoms with van der Waals surface area (Å²) in [7, 11) is -1.78. The van der Waals surface area contributed by atoms with Gasteiger partial charge in [0.15, 0.2) is 8.32 Å². The second kappa shape index (κ2) is 7.07. The molecule has 0 fully saturated rings. The van der Waals surface area contributed by atoms with Crippen LogP contribution in [0.25, 0.3) is 0 Å². The number of amides is 1. The second-order valence-electron chi connectivity index (χ2n) is 6.91. The molecular weight excluding hydrogens is 346 g/mol. The second-order valence-corrected chi connectivity index (χ2v) is 12.6. The van der Waals surface area contributed by atoms with Gasteiger partial charge < -0.3 is 9.74 Å². The molecule has 0 bridgehead atoms. The SMILES string of the molecule is CC(CNC(=O)c1ccc(Br)cc1)O[Si](C)(C)C(C)(C)C. The van der Waals surface area contributed by atoms with E-state index >= 15 is 0 Å². The summed E-state index contributed by atoms with van der Waals surface area (Å²) in [4.78, 5) is 12.1. The van der Waals surface area contributed by atoms with E-state index in [4.69, 9.17) is 4.43 Å².